The van der Waals surface area contributed by atoms with Crippen molar-refractivity contribution in [2.45, 2.75) is 12.5 Å². The van der Waals surface area contributed by atoms with Crippen molar-refractivity contribution in [1.82, 2.24) is 0 Å². The fourth-order valence-corrected chi connectivity index (χ4v) is 2.92. The van der Waals surface area contributed by atoms with Gasteiger partial charge in [0.1, 0.15) is 5.82 Å². The van der Waals surface area contributed by atoms with Gasteiger partial charge < -0.3 is 5.73 Å². The van der Waals surface area contributed by atoms with Crippen LogP contribution in [0.5, 0.6) is 0 Å². The Labute approximate surface area is 113 Å². The van der Waals surface area contributed by atoms with Crippen LogP contribution in [0.15, 0.2) is 30.3 Å². The normalized spacial score (nSPS) is 12.7. The molecule has 1 aromatic heterocycles. The molecular formula is C12H10Cl2FNS. The van der Waals surface area contributed by atoms with E-state index in [4.69, 9.17) is 28.9 Å². The van der Waals surface area contributed by atoms with Gasteiger partial charge in [-0.25, -0.2) is 4.39 Å². The van der Waals surface area contributed by atoms with Gasteiger partial charge in [-0.3, -0.25) is 0 Å². The summed E-state index contributed by atoms with van der Waals surface area (Å²) in [5.74, 6) is -0.440. The molecule has 17 heavy (non-hydrogen) atoms. The smallest absolute Gasteiger partial charge is 0.146 e. The van der Waals surface area contributed by atoms with Crippen LogP contribution in [-0.4, -0.2) is 0 Å². The molecular weight excluding hydrogens is 280 g/mol. The Morgan fingerprint density at radius 1 is 1.24 bits per heavy atom. The lowest BCUT2D eigenvalue weighted by Crippen LogP contribution is -2.14. The lowest BCUT2D eigenvalue weighted by atomic mass is 10.0. The van der Waals surface area contributed by atoms with Gasteiger partial charge in [0.2, 0.25) is 0 Å². The number of hydrogen-bond acceptors (Lipinski definition) is 2. The molecule has 1 atom stereocenters. The van der Waals surface area contributed by atoms with Gasteiger partial charge in [0.15, 0.2) is 0 Å². The minimum absolute atomic E-state index is 0.0992. The Morgan fingerprint density at radius 2 is 2.00 bits per heavy atom. The predicted molar refractivity (Wildman–Crippen MR) is 71.4 cm³/mol. The first kappa shape index (κ1) is 12.8. The maximum absolute atomic E-state index is 13.7. The third kappa shape index (κ3) is 2.99. The molecule has 0 aliphatic heterocycles. The monoisotopic (exact) mass is 289 g/mol. The standard InChI is InChI=1S/C12H10Cl2FNS/c13-9-3-1-2-8(12(9)15)10(16)6-7-4-5-11(14)17-7/h1-5,10H,6,16H2. The zero-order chi connectivity index (χ0) is 12.4. The third-order valence-corrected chi connectivity index (χ3v) is 3.98. The second kappa shape index (κ2) is 5.36. The van der Waals surface area contributed by atoms with Crippen molar-refractivity contribution in [1.29, 1.82) is 0 Å². The maximum Gasteiger partial charge on any atom is 0.146 e. The second-order valence-electron chi connectivity index (χ2n) is 3.66. The van der Waals surface area contributed by atoms with E-state index in [2.05, 4.69) is 0 Å². The van der Waals surface area contributed by atoms with Gasteiger partial charge in [0.05, 0.1) is 9.36 Å². The van der Waals surface area contributed by atoms with Crippen LogP contribution in [0.3, 0.4) is 0 Å². The first-order chi connectivity index (χ1) is 8.08. The molecule has 0 radical (unpaired) electrons. The first-order valence-corrected chi connectivity index (χ1v) is 6.59. The van der Waals surface area contributed by atoms with Crippen LogP contribution in [0.4, 0.5) is 4.39 Å². The van der Waals surface area contributed by atoms with E-state index in [9.17, 15) is 4.39 Å². The van der Waals surface area contributed by atoms with Gasteiger partial charge in [-0.1, -0.05) is 35.3 Å². The van der Waals surface area contributed by atoms with Crippen molar-refractivity contribution in [3.8, 4) is 0 Å². The van der Waals surface area contributed by atoms with Crippen LogP contribution in [-0.2, 0) is 6.42 Å². The van der Waals surface area contributed by atoms with Crippen molar-refractivity contribution < 1.29 is 4.39 Å². The van der Waals surface area contributed by atoms with Crippen molar-refractivity contribution >= 4 is 34.5 Å². The Morgan fingerprint density at radius 3 is 2.65 bits per heavy atom. The fraction of sp³-hybridized carbons (Fsp3) is 0.167. The lowest BCUT2D eigenvalue weighted by molar-refractivity contribution is 0.582. The molecule has 1 unspecified atom stereocenters. The quantitative estimate of drug-likeness (QED) is 0.888. The molecule has 1 nitrogen and oxygen atoms in total. The lowest BCUT2D eigenvalue weighted by Gasteiger charge is -2.12. The minimum atomic E-state index is -0.440. The molecule has 0 fully saturated rings. The molecule has 0 amide bonds. The van der Waals surface area contributed by atoms with Crippen LogP contribution >= 0.6 is 34.5 Å². The predicted octanol–water partition coefficient (Wildman–Crippen LogP) is 4.44. The van der Waals surface area contributed by atoms with E-state index in [0.29, 0.717) is 16.3 Å². The number of halogens is 3. The highest BCUT2D eigenvalue weighted by atomic mass is 35.5. The van der Waals surface area contributed by atoms with E-state index < -0.39 is 11.9 Å². The summed E-state index contributed by atoms with van der Waals surface area (Å²) in [6.07, 6.45) is 0.550. The highest BCUT2D eigenvalue weighted by Gasteiger charge is 2.15. The second-order valence-corrected chi connectivity index (χ2v) is 5.87. The van der Waals surface area contributed by atoms with Gasteiger partial charge in [0, 0.05) is 22.9 Å². The third-order valence-electron chi connectivity index (χ3n) is 2.43. The average Bonchev–Trinajstić information content (AvgIpc) is 2.68. The molecule has 90 valence electrons. The summed E-state index contributed by atoms with van der Waals surface area (Å²) >= 11 is 13.0. The molecule has 0 saturated carbocycles. The molecule has 0 saturated heterocycles. The molecule has 2 rings (SSSR count). The highest BCUT2D eigenvalue weighted by molar-refractivity contribution is 7.16. The Balaban J connectivity index is 2.20. The van der Waals surface area contributed by atoms with Crippen LogP contribution < -0.4 is 5.73 Å². The number of hydrogen-bond donors (Lipinski definition) is 1. The molecule has 2 N–H and O–H groups in total. The molecule has 2 aromatic rings. The zero-order valence-corrected chi connectivity index (χ0v) is 11.1. The average molecular weight is 290 g/mol. The summed E-state index contributed by atoms with van der Waals surface area (Å²) in [6, 6.07) is 8.15. The van der Waals surface area contributed by atoms with Crippen LogP contribution in [0.25, 0.3) is 0 Å². The van der Waals surface area contributed by atoms with Crippen molar-refractivity contribution in [2.75, 3.05) is 0 Å². The van der Waals surface area contributed by atoms with Crippen molar-refractivity contribution in [3.05, 3.63) is 55.9 Å². The molecule has 0 spiro atoms. The molecule has 0 aliphatic carbocycles. The van der Waals surface area contributed by atoms with Crippen molar-refractivity contribution in [2.24, 2.45) is 5.73 Å². The summed E-state index contributed by atoms with van der Waals surface area (Å²) in [6.45, 7) is 0. The Hall–Kier alpha value is -0.610. The van der Waals surface area contributed by atoms with Gasteiger partial charge in [-0.15, -0.1) is 11.3 Å². The summed E-state index contributed by atoms with van der Waals surface area (Å²) in [5.41, 5.74) is 6.40. The summed E-state index contributed by atoms with van der Waals surface area (Å²) < 4.78 is 14.4. The number of thiophene rings is 1. The summed E-state index contributed by atoms with van der Waals surface area (Å²) in [7, 11) is 0. The summed E-state index contributed by atoms with van der Waals surface area (Å²) in [5, 5.41) is 0.0992. The van der Waals surface area contributed by atoms with E-state index in [0.717, 1.165) is 4.88 Å². The van der Waals surface area contributed by atoms with Crippen LogP contribution in [0.1, 0.15) is 16.5 Å². The van der Waals surface area contributed by atoms with Gasteiger partial charge in [-0.2, -0.15) is 0 Å². The minimum Gasteiger partial charge on any atom is -0.324 e. The SMILES string of the molecule is NC(Cc1ccc(Cl)s1)c1cccc(Cl)c1F. The van der Waals surface area contributed by atoms with Gasteiger partial charge in [-0.05, 0) is 18.2 Å². The van der Waals surface area contributed by atoms with E-state index in [1.807, 2.05) is 12.1 Å². The van der Waals surface area contributed by atoms with E-state index in [1.165, 1.54) is 17.4 Å². The van der Waals surface area contributed by atoms with Crippen LogP contribution in [0, 0.1) is 5.82 Å². The summed E-state index contributed by atoms with van der Waals surface area (Å²) in [4.78, 5) is 1.03. The largest absolute Gasteiger partial charge is 0.324 e. The number of nitrogens with two attached hydrogens (primary N) is 1. The Kier molecular flexibility index (Phi) is 4.05. The Bertz CT molecular complexity index is 527. The topological polar surface area (TPSA) is 26.0 Å². The van der Waals surface area contributed by atoms with Gasteiger partial charge >= 0.3 is 0 Å². The van der Waals surface area contributed by atoms with Crippen molar-refractivity contribution in [3.63, 3.8) is 0 Å². The first-order valence-electron chi connectivity index (χ1n) is 5.01. The molecule has 5 heteroatoms. The van der Waals surface area contributed by atoms with E-state index in [1.54, 1.807) is 12.1 Å². The van der Waals surface area contributed by atoms with Gasteiger partial charge in [0.25, 0.3) is 0 Å². The maximum atomic E-state index is 13.7. The fourth-order valence-electron chi connectivity index (χ4n) is 1.59. The highest BCUT2D eigenvalue weighted by Crippen LogP contribution is 2.28. The van der Waals surface area contributed by atoms with E-state index >= 15 is 0 Å². The molecule has 0 aliphatic rings. The number of benzene rings is 1. The van der Waals surface area contributed by atoms with E-state index in [-0.39, 0.29) is 5.02 Å². The molecule has 1 heterocycles. The molecule has 1 aromatic carbocycles. The molecule has 0 bridgehead atoms. The van der Waals surface area contributed by atoms with Crippen LogP contribution in [0.2, 0.25) is 9.36 Å². The zero-order valence-electron chi connectivity index (χ0n) is 8.79. The number of rotatable bonds is 3.